The molecule has 14 heteroatoms. The fraction of sp³-hybridized carbons (Fsp3) is 0.698. The van der Waals surface area contributed by atoms with Gasteiger partial charge in [-0.25, -0.2) is 0 Å². The van der Waals surface area contributed by atoms with Gasteiger partial charge in [-0.15, -0.1) is 0 Å². The molecule has 0 aliphatic carbocycles. The van der Waals surface area contributed by atoms with Gasteiger partial charge in [0.25, 0.3) is 0 Å². The average molecular weight is 1090 g/mol. The third kappa shape index (κ3) is 35.1. The van der Waals surface area contributed by atoms with Gasteiger partial charge in [-0.3, -0.25) is 4.79 Å². The van der Waals surface area contributed by atoms with E-state index in [1.54, 1.807) is 0 Å². The highest BCUT2D eigenvalue weighted by Gasteiger charge is 2.47. The number of unbranched alkanes of at least 4 members (excludes halogenated alkanes) is 14. The average Bonchev–Trinajstić information content (AvgIpc) is 3.43. The number of allylic oxidation sites excluding steroid dienone is 18. The van der Waals surface area contributed by atoms with Crippen LogP contribution in [0.1, 0.15) is 181 Å². The van der Waals surface area contributed by atoms with Crippen LogP contribution in [0.2, 0.25) is 0 Å². The van der Waals surface area contributed by atoms with Crippen molar-refractivity contribution < 1.29 is 69.0 Å². The largest absolute Gasteiger partial charge is 0.457 e. The highest BCUT2D eigenvalue weighted by Crippen LogP contribution is 2.26. The highest BCUT2D eigenvalue weighted by molar-refractivity contribution is 5.69. The summed E-state index contributed by atoms with van der Waals surface area (Å²) in [6.45, 7) is 3.44. The van der Waals surface area contributed by atoms with Crippen LogP contribution < -0.4 is 0 Å². The third-order valence-electron chi connectivity index (χ3n) is 13.3. The molecule has 0 radical (unpaired) electrons. The van der Waals surface area contributed by atoms with Crippen molar-refractivity contribution in [2.24, 2.45) is 0 Å². The number of hydrogen-bond acceptors (Lipinski definition) is 14. The van der Waals surface area contributed by atoms with Gasteiger partial charge in [0.15, 0.2) is 12.6 Å². The zero-order valence-corrected chi connectivity index (χ0v) is 47.2. The van der Waals surface area contributed by atoms with E-state index in [-0.39, 0.29) is 19.6 Å². The number of aliphatic hydroxyl groups excluding tert-OH is 7. The summed E-state index contributed by atoms with van der Waals surface area (Å²) in [5, 5.41) is 72.4. The Kier molecular flexibility index (Phi) is 44.0. The molecular weight excluding hydrogens is 981 g/mol. The molecule has 2 rings (SSSR count). The Morgan fingerprint density at radius 2 is 0.844 bits per heavy atom. The van der Waals surface area contributed by atoms with Crippen LogP contribution in [-0.4, -0.2) is 142 Å². The Labute approximate surface area is 464 Å². The van der Waals surface area contributed by atoms with E-state index in [1.165, 1.54) is 38.5 Å². The van der Waals surface area contributed by atoms with Crippen molar-refractivity contribution in [1.82, 2.24) is 0 Å². The van der Waals surface area contributed by atoms with Gasteiger partial charge in [0, 0.05) is 13.0 Å². The fourth-order valence-corrected chi connectivity index (χ4v) is 8.53. The lowest BCUT2D eigenvalue weighted by molar-refractivity contribution is -0.332. The molecule has 0 aromatic heterocycles. The molecule has 0 saturated carbocycles. The van der Waals surface area contributed by atoms with Crippen LogP contribution in [0.3, 0.4) is 0 Å². The first-order chi connectivity index (χ1) is 37.6. The number of esters is 1. The first-order valence-corrected chi connectivity index (χ1v) is 29.5. The molecule has 0 spiro atoms. The summed E-state index contributed by atoms with van der Waals surface area (Å²) in [7, 11) is 0. The van der Waals surface area contributed by atoms with Crippen LogP contribution in [-0.2, 0) is 33.2 Å². The van der Waals surface area contributed by atoms with E-state index in [9.17, 15) is 40.5 Å². The standard InChI is InChI=1S/C63H104O14/c1-3-5-7-9-11-13-15-17-19-21-23-25-27-29-31-33-35-37-39-41-43-45-47-72-49-52(50-73-62-61(71)59(69)57(67)54(77-62)51-74-63-60(70)58(68)56(66)53(48-64)76-63)75-55(65)46-44-42-40-38-36-34-32-30-28-26-24-22-20-18-16-14-12-10-8-6-4-2/h5,7,11,13,16-19,22-25,28-31,35,37,52-54,56-64,66-71H,3-4,6,8-10,12,14-15,20-21,26-27,32-34,36,38-51H2,1-2H3/b7-5-,13-11-,18-16-,19-17-,24-22-,25-23-,30-28-,31-29-,37-35-. The molecule has 0 aromatic rings. The van der Waals surface area contributed by atoms with Gasteiger partial charge in [0.1, 0.15) is 54.9 Å². The van der Waals surface area contributed by atoms with Gasteiger partial charge in [0.2, 0.25) is 0 Å². The number of ether oxygens (including phenoxy) is 6. The third-order valence-corrected chi connectivity index (χ3v) is 13.3. The zero-order valence-electron chi connectivity index (χ0n) is 47.2. The summed E-state index contributed by atoms with van der Waals surface area (Å²) in [4.78, 5) is 13.1. The molecule has 77 heavy (non-hydrogen) atoms. The van der Waals surface area contributed by atoms with Gasteiger partial charge in [-0.1, -0.05) is 181 Å². The molecule has 2 aliphatic rings. The van der Waals surface area contributed by atoms with Crippen LogP contribution in [0.4, 0.5) is 0 Å². The van der Waals surface area contributed by atoms with Gasteiger partial charge < -0.3 is 64.2 Å². The van der Waals surface area contributed by atoms with Crippen LogP contribution in [0.15, 0.2) is 109 Å². The monoisotopic (exact) mass is 1080 g/mol. The van der Waals surface area contributed by atoms with Crippen LogP contribution in [0, 0.1) is 0 Å². The van der Waals surface area contributed by atoms with Crippen molar-refractivity contribution in [1.29, 1.82) is 0 Å². The number of hydrogen-bond donors (Lipinski definition) is 7. The summed E-state index contributed by atoms with van der Waals surface area (Å²) in [6, 6.07) is 0. The van der Waals surface area contributed by atoms with Crippen molar-refractivity contribution in [3.8, 4) is 0 Å². The van der Waals surface area contributed by atoms with Crippen LogP contribution in [0.5, 0.6) is 0 Å². The number of carbonyl (C=O) groups excluding carboxylic acids is 1. The quantitative estimate of drug-likeness (QED) is 0.0172. The molecule has 11 unspecified atom stereocenters. The SMILES string of the molecule is CC/C=C\C/C=C\C/C=C\C/C=C\C/C=C\C/C=C\CCCCCOCC(COC1OC(COC2OC(CO)C(O)C(O)C2O)C(O)C(O)C1O)OC(=O)CCCCCCCC/C=C\C/C=C\C/C=C\CCCCCCC. The van der Waals surface area contributed by atoms with Crippen LogP contribution in [0.25, 0.3) is 0 Å². The highest BCUT2D eigenvalue weighted by atomic mass is 16.7. The smallest absolute Gasteiger partial charge is 0.306 e. The minimum absolute atomic E-state index is 0.0257. The number of aliphatic hydroxyl groups is 7. The summed E-state index contributed by atoms with van der Waals surface area (Å²) >= 11 is 0. The van der Waals surface area contributed by atoms with Crippen molar-refractivity contribution >= 4 is 5.97 Å². The van der Waals surface area contributed by atoms with Crippen molar-refractivity contribution in [3.05, 3.63) is 109 Å². The summed E-state index contributed by atoms with van der Waals surface area (Å²) in [5.74, 6) is -0.405. The molecule has 2 aliphatic heterocycles. The fourth-order valence-electron chi connectivity index (χ4n) is 8.53. The second-order valence-electron chi connectivity index (χ2n) is 20.1. The van der Waals surface area contributed by atoms with E-state index in [0.29, 0.717) is 13.0 Å². The maximum Gasteiger partial charge on any atom is 0.306 e. The maximum atomic E-state index is 13.1. The van der Waals surface area contributed by atoms with Gasteiger partial charge >= 0.3 is 5.97 Å². The predicted octanol–water partition coefficient (Wildman–Crippen LogP) is 10.7. The first kappa shape index (κ1) is 69.8. The second-order valence-corrected chi connectivity index (χ2v) is 20.1. The topological polar surface area (TPSA) is 214 Å². The molecule has 440 valence electrons. The second kappa shape index (κ2) is 48.5. The van der Waals surface area contributed by atoms with Gasteiger partial charge in [-0.05, 0) is 103 Å². The molecule has 7 N–H and O–H groups in total. The Morgan fingerprint density at radius 1 is 0.442 bits per heavy atom. The Morgan fingerprint density at radius 3 is 1.32 bits per heavy atom. The summed E-state index contributed by atoms with van der Waals surface area (Å²) < 4.78 is 34.3. The van der Waals surface area contributed by atoms with Crippen molar-refractivity contribution in [3.63, 3.8) is 0 Å². The number of carbonyl (C=O) groups is 1. The van der Waals surface area contributed by atoms with E-state index in [4.69, 9.17) is 28.4 Å². The molecule has 0 bridgehead atoms. The molecule has 2 heterocycles. The van der Waals surface area contributed by atoms with Gasteiger partial charge in [-0.2, -0.15) is 0 Å². The number of rotatable bonds is 46. The lowest BCUT2D eigenvalue weighted by Gasteiger charge is -2.42. The molecule has 11 atom stereocenters. The molecule has 2 saturated heterocycles. The first-order valence-electron chi connectivity index (χ1n) is 29.5. The molecular formula is C63H104O14. The van der Waals surface area contributed by atoms with Gasteiger partial charge in [0.05, 0.1) is 26.4 Å². The van der Waals surface area contributed by atoms with Crippen molar-refractivity contribution in [2.45, 2.75) is 248 Å². The van der Waals surface area contributed by atoms with E-state index in [0.717, 1.165) is 116 Å². The zero-order chi connectivity index (χ0) is 55.8. The van der Waals surface area contributed by atoms with E-state index in [1.807, 2.05) is 0 Å². The molecule has 2 fully saturated rings. The maximum absolute atomic E-state index is 13.1. The lowest BCUT2D eigenvalue weighted by Crippen LogP contribution is -2.61. The van der Waals surface area contributed by atoms with E-state index >= 15 is 0 Å². The molecule has 0 aromatic carbocycles. The molecule has 14 nitrogen and oxygen atoms in total. The predicted molar refractivity (Wildman–Crippen MR) is 307 cm³/mol. The summed E-state index contributed by atoms with van der Waals surface area (Å²) in [6.07, 6.45) is 50.0. The van der Waals surface area contributed by atoms with Crippen molar-refractivity contribution in [2.75, 3.05) is 33.0 Å². The lowest BCUT2D eigenvalue weighted by atomic mass is 9.98. The minimum Gasteiger partial charge on any atom is -0.457 e. The Hall–Kier alpha value is -3.35. The minimum atomic E-state index is -1.72. The molecule has 0 amide bonds. The Balaban J connectivity index is 1.75. The normalized spacial score (nSPS) is 25.1. The van der Waals surface area contributed by atoms with Crippen LogP contribution >= 0.6 is 0 Å². The van der Waals surface area contributed by atoms with E-state index in [2.05, 4.69) is 123 Å². The summed E-state index contributed by atoms with van der Waals surface area (Å²) in [5.41, 5.74) is 0. The Bertz CT molecular complexity index is 1690. The van der Waals surface area contributed by atoms with E-state index < -0.39 is 86.7 Å².